The lowest BCUT2D eigenvalue weighted by Gasteiger charge is -2.24. The van der Waals surface area contributed by atoms with Gasteiger partial charge in [-0.15, -0.1) is 24.0 Å². The van der Waals surface area contributed by atoms with Crippen LogP contribution in [-0.4, -0.2) is 35.7 Å². The van der Waals surface area contributed by atoms with Gasteiger partial charge >= 0.3 is 0 Å². The number of hydrogen-bond donors (Lipinski definition) is 2. The van der Waals surface area contributed by atoms with Crippen LogP contribution in [0.1, 0.15) is 43.8 Å². The molecule has 0 aliphatic heterocycles. The Labute approximate surface area is 137 Å². The lowest BCUT2D eigenvalue weighted by molar-refractivity contribution is 0.374. The molecule has 1 aromatic heterocycles. The van der Waals surface area contributed by atoms with Gasteiger partial charge in [-0.25, -0.2) is 0 Å². The van der Waals surface area contributed by atoms with Crippen LogP contribution >= 0.6 is 24.0 Å². The standard InChI is InChI=1S/C13H23N5O.HI/c1-10-16-12(19-18-10)8-9-15-13(14-2)17-11-6-4-3-5-7-11;/h11H,3-9H2,1-2H3,(H2,14,15,17);1H. The molecule has 2 N–H and O–H groups in total. The average molecular weight is 393 g/mol. The van der Waals surface area contributed by atoms with E-state index >= 15 is 0 Å². The number of halogens is 1. The fourth-order valence-corrected chi connectivity index (χ4v) is 2.36. The summed E-state index contributed by atoms with van der Waals surface area (Å²) < 4.78 is 5.07. The molecule has 1 heterocycles. The summed E-state index contributed by atoms with van der Waals surface area (Å²) in [5.74, 6) is 2.21. The quantitative estimate of drug-likeness (QED) is 0.465. The molecule has 2 rings (SSSR count). The maximum Gasteiger partial charge on any atom is 0.228 e. The topological polar surface area (TPSA) is 75.3 Å². The van der Waals surface area contributed by atoms with Crippen molar-refractivity contribution in [1.82, 2.24) is 20.8 Å². The van der Waals surface area contributed by atoms with Crippen molar-refractivity contribution in [3.8, 4) is 0 Å². The first-order valence-corrected chi connectivity index (χ1v) is 7.04. The molecule has 20 heavy (non-hydrogen) atoms. The Kier molecular flexibility index (Phi) is 7.86. The van der Waals surface area contributed by atoms with Crippen molar-refractivity contribution in [2.45, 2.75) is 51.5 Å². The molecule has 6 nitrogen and oxygen atoms in total. The van der Waals surface area contributed by atoms with Crippen molar-refractivity contribution < 1.29 is 4.52 Å². The predicted octanol–water partition coefficient (Wildman–Crippen LogP) is 2.04. The van der Waals surface area contributed by atoms with E-state index in [1.165, 1.54) is 32.1 Å². The third kappa shape index (κ3) is 5.64. The number of nitrogens with one attached hydrogen (secondary N) is 2. The van der Waals surface area contributed by atoms with Crippen molar-refractivity contribution in [1.29, 1.82) is 0 Å². The molecule has 1 fully saturated rings. The first kappa shape index (κ1) is 17.2. The highest BCUT2D eigenvalue weighted by atomic mass is 127. The van der Waals surface area contributed by atoms with Gasteiger partial charge in [0.25, 0.3) is 0 Å². The normalized spacial score (nSPS) is 16.6. The Balaban J connectivity index is 0.00000200. The van der Waals surface area contributed by atoms with Gasteiger partial charge in [0.2, 0.25) is 5.89 Å². The van der Waals surface area contributed by atoms with Crippen LogP contribution in [0.25, 0.3) is 0 Å². The molecule has 7 heteroatoms. The highest BCUT2D eigenvalue weighted by Gasteiger charge is 2.14. The number of hydrogen-bond acceptors (Lipinski definition) is 4. The molecule has 0 spiro atoms. The van der Waals surface area contributed by atoms with Gasteiger partial charge in [0.15, 0.2) is 11.8 Å². The van der Waals surface area contributed by atoms with E-state index < -0.39 is 0 Å². The Bertz CT molecular complexity index is 415. The van der Waals surface area contributed by atoms with E-state index in [9.17, 15) is 0 Å². The third-order valence-corrected chi connectivity index (χ3v) is 3.37. The monoisotopic (exact) mass is 393 g/mol. The first-order chi connectivity index (χ1) is 9.28. The summed E-state index contributed by atoms with van der Waals surface area (Å²) in [6.07, 6.45) is 7.19. The zero-order valence-electron chi connectivity index (χ0n) is 12.2. The van der Waals surface area contributed by atoms with E-state index in [0.29, 0.717) is 24.2 Å². The van der Waals surface area contributed by atoms with Crippen LogP contribution in [0.15, 0.2) is 9.52 Å². The Morgan fingerprint density at radius 1 is 1.35 bits per heavy atom. The summed E-state index contributed by atoms with van der Waals surface area (Å²) in [4.78, 5) is 8.42. The smallest absolute Gasteiger partial charge is 0.228 e. The largest absolute Gasteiger partial charge is 0.356 e. The second-order valence-corrected chi connectivity index (χ2v) is 4.96. The molecular formula is C13H24IN5O. The van der Waals surface area contributed by atoms with Gasteiger partial charge in [0.1, 0.15) is 0 Å². The van der Waals surface area contributed by atoms with E-state index in [1.807, 2.05) is 6.92 Å². The predicted molar refractivity (Wildman–Crippen MR) is 89.5 cm³/mol. The molecule has 0 atom stereocenters. The summed E-state index contributed by atoms with van der Waals surface area (Å²) in [5.41, 5.74) is 0. The molecule has 1 aromatic rings. The van der Waals surface area contributed by atoms with E-state index in [0.717, 1.165) is 12.5 Å². The zero-order valence-corrected chi connectivity index (χ0v) is 14.5. The van der Waals surface area contributed by atoms with Gasteiger partial charge in [-0.3, -0.25) is 4.99 Å². The van der Waals surface area contributed by atoms with Gasteiger partial charge < -0.3 is 15.2 Å². The molecule has 0 bridgehead atoms. The maximum absolute atomic E-state index is 5.07. The third-order valence-electron chi connectivity index (χ3n) is 3.37. The summed E-state index contributed by atoms with van der Waals surface area (Å²) in [6.45, 7) is 2.57. The molecule has 1 aliphatic carbocycles. The average Bonchev–Trinajstić information content (AvgIpc) is 2.84. The molecule has 0 aromatic carbocycles. The Hall–Kier alpha value is -0.860. The maximum atomic E-state index is 5.07. The van der Waals surface area contributed by atoms with Crippen LogP contribution < -0.4 is 10.6 Å². The Morgan fingerprint density at radius 2 is 2.10 bits per heavy atom. The van der Waals surface area contributed by atoms with Gasteiger partial charge in [-0.2, -0.15) is 4.98 Å². The van der Waals surface area contributed by atoms with Crippen LogP contribution in [0.4, 0.5) is 0 Å². The van der Waals surface area contributed by atoms with E-state index in [2.05, 4.69) is 25.8 Å². The summed E-state index contributed by atoms with van der Waals surface area (Å²) >= 11 is 0. The minimum atomic E-state index is 0. The molecule has 114 valence electrons. The number of aliphatic imine (C=N–C) groups is 1. The van der Waals surface area contributed by atoms with Crippen molar-refractivity contribution in [3.63, 3.8) is 0 Å². The van der Waals surface area contributed by atoms with E-state index in [4.69, 9.17) is 4.52 Å². The van der Waals surface area contributed by atoms with Crippen LogP contribution in [0.2, 0.25) is 0 Å². The second-order valence-electron chi connectivity index (χ2n) is 4.96. The van der Waals surface area contributed by atoms with Crippen LogP contribution in [-0.2, 0) is 6.42 Å². The van der Waals surface area contributed by atoms with Gasteiger partial charge in [-0.1, -0.05) is 24.4 Å². The molecule has 0 saturated heterocycles. The minimum absolute atomic E-state index is 0. The van der Waals surface area contributed by atoms with Gasteiger partial charge in [-0.05, 0) is 19.8 Å². The summed E-state index contributed by atoms with van der Waals surface area (Å²) in [5, 5.41) is 10.5. The molecule has 1 aliphatic rings. The minimum Gasteiger partial charge on any atom is -0.356 e. The zero-order chi connectivity index (χ0) is 13.5. The van der Waals surface area contributed by atoms with E-state index in [1.54, 1.807) is 7.05 Å². The lowest BCUT2D eigenvalue weighted by Crippen LogP contribution is -2.44. The summed E-state index contributed by atoms with van der Waals surface area (Å²) in [7, 11) is 1.80. The molecule has 0 amide bonds. The van der Waals surface area contributed by atoms with Crippen LogP contribution in [0, 0.1) is 6.92 Å². The molecule has 0 radical (unpaired) electrons. The van der Waals surface area contributed by atoms with Gasteiger partial charge in [0.05, 0.1) is 0 Å². The first-order valence-electron chi connectivity index (χ1n) is 7.04. The van der Waals surface area contributed by atoms with Crippen molar-refractivity contribution in [3.05, 3.63) is 11.7 Å². The van der Waals surface area contributed by atoms with E-state index in [-0.39, 0.29) is 24.0 Å². The number of aryl methyl sites for hydroxylation is 1. The molecule has 0 unspecified atom stereocenters. The van der Waals surface area contributed by atoms with Crippen molar-refractivity contribution in [2.24, 2.45) is 4.99 Å². The second kappa shape index (κ2) is 9.15. The number of nitrogens with zero attached hydrogens (tertiary/aromatic N) is 3. The molecule has 1 saturated carbocycles. The highest BCUT2D eigenvalue weighted by Crippen LogP contribution is 2.17. The number of aromatic nitrogens is 2. The summed E-state index contributed by atoms with van der Waals surface area (Å²) in [6, 6.07) is 0.561. The van der Waals surface area contributed by atoms with Gasteiger partial charge in [0, 0.05) is 26.1 Å². The SMILES string of the molecule is CN=C(NCCc1nc(C)no1)NC1CCCCC1.I. The van der Waals surface area contributed by atoms with Crippen molar-refractivity contribution >= 4 is 29.9 Å². The fourth-order valence-electron chi connectivity index (χ4n) is 2.36. The number of guanidine groups is 1. The highest BCUT2D eigenvalue weighted by molar-refractivity contribution is 14.0. The van der Waals surface area contributed by atoms with Crippen molar-refractivity contribution in [2.75, 3.05) is 13.6 Å². The Morgan fingerprint density at radius 3 is 2.70 bits per heavy atom. The molecular weight excluding hydrogens is 369 g/mol. The lowest BCUT2D eigenvalue weighted by atomic mass is 9.96. The fraction of sp³-hybridized carbons (Fsp3) is 0.769. The van der Waals surface area contributed by atoms with Crippen LogP contribution in [0.5, 0.6) is 0 Å². The number of rotatable bonds is 4. The van der Waals surface area contributed by atoms with Crippen LogP contribution in [0.3, 0.4) is 0 Å².